The van der Waals surface area contributed by atoms with Gasteiger partial charge in [-0.25, -0.2) is 4.79 Å². The minimum atomic E-state index is -0.640. The zero-order valence-corrected chi connectivity index (χ0v) is 18.1. The van der Waals surface area contributed by atoms with E-state index in [4.69, 9.17) is 10.5 Å². The predicted octanol–water partition coefficient (Wildman–Crippen LogP) is 3.41. The molecule has 0 atom stereocenters. The molecule has 1 aromatic carbocycles. The van der Waals surface area contributed by atoms with Gasteiger partial charge in [-0.05, 0) is 30.0 Å². The zero-order chi connectivity index (χ0) is 22.0. The number of aryl methyl sites for hydroxylation is 1. The Bertz CT molecular complexity index is 1270. The summed E-state index contributed by atoms with van der Waals surface area (Å²) >= 11 is 2.43. The lowest BCUT2D eigenvalue weighted by atomic mass is 10.2. The number of fused-ring (bicyclic) bond motifs is 1. The van der Waals surface area contributed by atoms with E-state index in [1.54, 1.807) is 11.4 Å². The summed E-state index contributed by atoms with van der Waals surface area (Å²) < 4.78 is 7.01. The Balaban J connectivity index is 1.43. The lowest BCUT2D eigenvalue weighted by Gasteiger charge is -2.05. The Morgan fingerprint density at radius 1 is 1.19 bits per heavy atom. The molecular weight excluding hydrogens is 436 g/mol. The predicted molar refractivity (Wildman–Crippen MR) is 120 cm³/mol. The minimum absolute atomic E-state index is 0.215. The van der Waals surface area contributed by atoms with Crippen molar-refractivity contribution < 1.29 is 19.1 Å². The van der Waals surface area contributed by atoms with Crippen molar-refractivity contribution in [1.82, 2.24) is 9.78 Å². The van der Waals surface area contributed by atoms with Gasteiger partial charge in [0.25, 0.3) is 11.8 Å². The number of benzene rings is 1. The number of carbonyl (C=O) groups excluding carboxylic acids is 3. The normalized spacial score (nSPS) is 10.9. The maximum absolute atomic E-state index is 12.5. The van der Waals surface area contributed by atoms with Crippen LogP contribution in [0.3, 0.4) is 0 Å². The molecule has 0 unspecified atom stereocenters. The Hall–Kier alpha value is -3.50. The average molecular weight is 455 g/mol. The van der Waals surface area contributed by atoms with Gasteiger partial charge in [-0.2, -0.15) is 5.10 Å². The highest BCUT2D eigenvalue weighted by molar-refractivity contribution is 7.20. The van der Waals surface area contributed by atoms with E-state index in [-0.39, 0.29) is 5.56 Å². The number of ether oxygens (including phenoxy) is 1. The molecule has 3 aromatic heterocycles. The third-order valence-corrected chi connectivity index (χ3v) is 6.46. The number of esters is 1. The van der Waals surface area contributed by atoms with Crippen LogP contribution >= 0.6 is 22.7 Å². The van der Waals surface area contributed by atoms with Gasteiger partial charge in [0.05, 0.1) is 17.8 Å². The molecule has 2 amide bonds. The highest BCUT2D eigenvalue weighted by Crippen LogP contribution is 2.29. The molecule has 8 nitrogen and oxygen atoms in total. The fourth-order valence-electron chi connectivity index (χ4n) is 3.04. The van der Waals surface area contributed by atoms with Gasteiger partial charge in [-0.1, -0.05) is 30.3 Å². The van der Waals surface area contributed by atoms with Gasteiger partial charge in [-0.3, -0.25) is 14.3 Å². The van der Waals surface area contributed by atoms with Gasteiger partial charge in [-0.15, -0.1) is 22.7 Å². The van der Waals surface area contributed by atoms with Crippen LogP contribution in [0.15, 0.2) is 47.8 Å². The maximum Gasteiger partial charge on any atom is 0.348 e. The topological polar surface area (TPSA) is 116 Å². The highest BCUT2D eigenvalue weighted by Gasteiger charge is 2.19. The van der Waals surface area contributed by atoms with Gasteiger partial charge in [0.2, 0.25) is 0 Å². The molecule has 31 heavy (non-hydrogen) atoms. The van der Waals surface area contributed by atoms with Crippen LogP contribution in [0.25, 0.3) is 10.2 Å². The summed E-state index contributed by atoms with van der Waals surface area (Å²) in [5, 5.41) is 9.94. The summed E-state index contributed by atoms with van der Waals surface area (Å²) in [5.41, 5.74) is 7.39. The third-order valence-electron chi connectivity index (χ3n) is 4.50. The number of aromatic nitrogens is 2. The molecule has 4 aromatic rings. The van der Waals surface area contributed by atoms with E-state index in [1.165, 1.54) is 17.4 Å². The maximum atomic E-state index is 12.5. The first-order valence-corrected chi connectivity index (χ1v) is 11.0. The van der Waals surface area contributed by atoms with E-state index in [2.05, 4.69) is 10.4 Å². The number of hydrogen-bond donors (Lipinski definition) is 2. The molecule has 0 radical (unpaired) electrons. The van der Waals surface area contributed by atoms with Crippen molar-refractivity contribution in [2.24, 2.45) is 5.73 Å². The summed E-state index contributed by atoms with van der Waals surface area (Å²) in [6.07, 6.45) is 0. The molecule has 0 aliphatic carbocycles. The summed E-state index contributed by atoms with van der Waals surface area (Å²) in [7, 11) is 0. The standard InChI is InChI=1S/C21H18N4O4S2/c1-12-15-9-16(31-20(15)25(24-12)10-13-5-3-2-4-6-13)21(28)29-11-17(26)23-19-14(18(22)27)7-8-30-19/h2-9H,10-11H2,1H3,(H2,22,27)(H,23,26). The van der Waals surface area contributed by atoms with Gasteiger partial charge < -0.3 is 15.8 Å². The highest BCUT2D eigenvalue weighted by atomic mass is 32.1. The number of carbonyl (C=O) groups is 3. The second-order valence-electron chi connectivity index (χ2n) is 6.71. The van der Waals surface area contributed by atoms with Crippen molar-refractivity contribution >= 4 is 55.7 Å². The number of hydrogen-bond acceptors (Lipinski definition) is 7. The Morgan fingerprint density at radius 2 is 1.97 bits per heavy atom. The molecule has 10 heteroatoms. The summed E-state index contributed by atoms with van der Waals surface area (Å²) in [5.74, 6) is -1.78. The van der Waals surface area contributed by atoms with E-state index in [9.17, 15) is 14.4 Å². The quantitative estimate of drug-likeness (QED) is 0.415. The van der Waals surface area contributed by atoms with Crippen molar-refractivity contribution in [3.8, 4) is 0 Å². The second kappa shape index (κ2) is 8.70. The van der Waals surface area contributed by atoms with Crippen LogP contribution in [-0.2, 0) is 16.1 Å². The molecule has 0 spiro atoms. The number of thiophene rings is 2. The van der Waals surface area contributed by atoms with E-state index in [0.29, 0.717) is 16.4 Å². The molecule has 3 N–H and O–H groups in total. The van der Waals surface area contributed by atoms with Crippen molar-refractivity contribution in [2.75, 3.05) is 11.9 Å². The second-order valence-corrected chi connectivity index (χ2v) is 8.66. The fourth-order valence-corrected chi connectivity index (χ4v) is 4.91. The van der Waals surface area contributed by atoms with Gasteiger partial charge >= 0.3 is 5.97 Å². The van der Waals surface area contributed by atoms with Crippen LogP contribution in [0.5, 0.6) is 0 Å². The molecule has 158 valence electrons. The number of nitrogens with one attached hydrogen (secondary N) is 1. The van der Waals surface area contributed by atoms with Crippen LogP contribution in [0.1, 0.15) is 31.3 Å². The number of amides is 2. The monoisotopic (exact) mass is 454 g/mol. The van der Waals surface area contributed by atoms with Gasteiger partial charge in [0.1, 0.15) is 14.7 Å². The number of nitrogens with zero attached hydrogens (tertiary/aromatic N) is 2. The Labute approximate surface area is 185 Å². The molecule has 0 saturated carbocycles. The van der Waals surface area contributed by atoms with Gasteiger partial charge in [0, 0.05) is 5.39 Å². The minimum Gasteiger partial charge on any atom is -0.451 e. The van der Waals surface area contributed by atoms with Crippen molar-refractivity contribution in [1.29, 1.82) is 0 Å². The lowest BCUT2D eigenvalue weighted by Crippen LogP contribution is -2.22. The van der Waals surface area contributed by atoms with E-state index >= 15 is 0 Å². The Morgan fingerprint density at radius 3 is 2.71 bits per heavy atom. The smallest absolute Gasteiger partial charge is 0.348 e. The first kappa shape index (κ1) is 20.8. The summed E-state index contributed by atoms with van der Waals surface area (Å²) in [4.78, 5) is 37.2. The molecule has 0 aliphatic heterocycles. The Kier molecular flexibility index (Phi) is 5.83. The number of primary amides is 1. The molecule has 0 aliphatic rings. The lowest BCUT2D eigenvalue weighted by molar-refractivity contribution is -0.119. The van der Waals surface area contributed by atoms with Crippen LogP contribution in [-0.4, -0.2) is 34.2 Å². The first-order chi connectivity index (χ1) is 14.9. The molecule has 0 fully saturated rings. The average Bonchev–Trinajstić information content (AvgIpc) is 3.45. The van der Waals surface area contributed by atoms with Gasteiger partial charge in [0.15, 0.2) is 6.61 Å². The van der Waals surface area contributed by atoms with Crippen LogP contribution < -0.4 is 11.1 Å². The van der Waals surface area contributed by atoms with Crippen LogP contribution in [0.4, 0.5) is 5.00 Å². The zero-order valence-electron chi connectivity index (χ0n) is 16.5. The van der Waals surface area contributed by atoms with Crippen LogP contribution in [0.2, 0.25) is 0 Å². The third kappa shape index (κ3) is 4.49. The largest absolute Gasteiger partial charge is 0.451 e. The summed E-state index contributed by atoms with van der Waals surface area (Å²) in [6, 6.07) is 13.2. The van der Waals surface area contributed by atoms with E-state index < -0.39 is 24.4 Å². The molecule has 3 heterocycles. The number of anilines is 1. The summed E-state index contributed by atoms with van der Waals surface area (Å²) in [6.45, 7) is 2.00. The van der Waals surface area contributed by atoms with Crippen LogP contribution in [0, 0.1) is 6.92 Å². The molecule has 4 rings (SSSR count). The van der Waals surface area contributed by atoms with Crippen molar-refractivity contribution in [2.45, 2.75) is 13.5 Å². The first-order valence-electron chi connectivity index (χ1n) is 9.27. The number of rotatable bonds is 7. The van der Waals surface area contributed by atoms with E-state index in [0.717, 1.165) is 32.8 Å². The van der Waals surface area contributed by atoms with E-state index in [1.807, 2.05) is 41.9 Å². The number of nitrogens with two attached hydrogens (primary N) is 1. The van der Waals surface area contributed by atoms with Crippen molar-refractivity contribution in [3.63, 3.8) is 0 Å². The SMILES string of the molecule is Cc1nn(Cc2ccccc2)c2sc(C(=O)OCC(=O)Nc3sccc3C(N)=O)cc12. The van der Waals surface area contributed by atoms with Crippen molar-refractivity contribution in [3.05, 3.63) is 69.5 Å². The molecular formula is C21H18N4O4S2. The molecule has 0 bridgehead atoms. The molecule has 0 saturated heterocycles. The fraction of sp³-hybridized carbons (Fsp3) is 0.143.